The molecule has 14 heteroatoms. The fourth-order valence-electron chi connectivity index (χ4n) is 9.85. The normalized spacial score (nSPS) is 40.9. The van der Waals surface area contributed by atoms with Crippen molar-refractivity contribution < 1.29 is 63.3 Å². The minimum Gasteiger partial charge on any atom is -0.460 e. The molecular weight excluding hydrogens is 823 g/mol. The zero-order valence-corrected chi connectivity index (χ0v) is 39.6. The lowest BCUT2D eigenvalue weighted by atomic mass is 9.78. The quantitative estimate of drug-likeness (QED) is 0.153. The maximum atomic E-state index is 14.3. The van der Waals surface area contributed by atoms with Crippen LogP contribution in [0, 0.1) is 35.5 Å². The maximum absolute atomic E-state index is 14.3. The first kappa shape index (κ1) is 53.2. The number of cyclic esters (lactones) is 1. The average molecular weight is 900 g/mol. The lowest BCUT2D eigenvalue weighted by Gasteiger charge is -2.42. The second-order valence-electron chi connectivity index (χ2n) is 19.4. The van der Waals surface area contributed by atoms with Crippen molar-refractivity contribution in [2.45, 2.75) is 180 Å². The number of ketones is 3. The number of carbonyl (C=O) groups is 5. The lowest BCUT2D eigenvalue weighted by Crippen LogP contribution is -2.61. The predicted octanol–water partition coefficient (Wildman–Crippen LogP) is 5.53. The Morgan fingerprint density at radius 3 is 2.27 bits per heavy atom. The highest BCUT2D eigenvalue weighted by Crippen LogP contribution is 2.37. The summed E-state index contributed by atoms with van der Waals surface area (Å²) in [5, 5.41) is 44.8. The SMILES string of the molecule is CO[C@H]1C[C@@H](C[C@@H](C)[C@@H]2CC(=O)[C@H](C)/C=C(\C)[C@@H](O)[C@@H](OC)C(=O)[C@H](C)C[C@H](C)/C=C/C=C/C=C(\C)[C@@H](O)C[C@@H]3CC[C@@H](C)[C@@](O)(O3)C(=O)C(=O)N3CCCC[C@H]3C(=O)O2)CC[C@@H]1O. The molecule has 360 valence electrons. The molecule has 3 fully saturated rings. The molecule has 0 aromatic rings. The number of Topliss-reactive ketones (excluding diaryl/α,β-unsaturated/α-hetero) is 3. The molecule has 0 radical (unpaired) electrons. The minimum absolute atomic E-state index is 0.00489. The van der Waals surface area contributed by atoms with Crippen LogP contribution < -0.4 is 0 Å². The van der Waals surface area contributed by atoms with Crippen LogP contribution in [0.4, 0.5) is 0 Å². The zero-order chi connectivity index (χ0) is 47.5. The summed E-state index contributed by atoms with van der Waals surface area (Å²) in [6.45, 7) is 12.5. The van der Waals surface area contributed by atoms with Crippen LogP contribution in [-0.2, 0) is 42.9 Å². The largest absolute Gasteiger partial charge is 0.460 e. The topological polar surface area (TPSA) is 206 Å². The van der Waals surface area contributed by atoms with Crippen LogP contribution in [0.5, 0.6) is 0 Å². The van der Waals surface area contributed by atoms with Crippen LogP contribution in [-0.4, -0.2) is 130 Å². The number of hydrogen-bond donors (Lipinski definition) is 4. The summed E-state index contributed by atoms with van der Waals surface area (Å²) in [7, 11) is 2.93. The number of hydrogen-bond acceptors (Lipinski definition) is 13. The van der Waals surface area contributed by atoms with Crippen LogP contribution in [0.25, 0.3) is 0 Å². The molecule has 1 saturated carbocycles. The molecule has 2 bridgehead atoms. The molecule has 0 spiro atoms. The summed E-state index contributed by atoms with van der Waals surface area (Å²) in [4.78, 5) is 71.4. The predicted molar refractivity (Wildman–Crippen MR) is 240 cm³/mol. The van der Waals surface area contributed by atoms with Gasteiger partial charge in [-0.2, -0.15) is 0 Å². The first-order chi connectivity index (χ1) is 30.2. The van der Waals surface area contributed by atoms with Gasteiger partial charge in [0.1, 0.15) is 30.1 Å². The molecule has 1 amide bonds. The maximum Gasteiger partial charge on any atom is 0.329 e. The smallest absolute Gasteiger partial charge is 0.329 e. The van der Waals surface area contributed by atoms with Gasteiger partial charge in [-0.05, 0) is 107 Å². The number of piperidine rings is 1. The molecular formula is C50H77NO13. The number of carbonyl (C=O) groups excluding carboxylic acids is 5. The van der Waals surface area contributed by atoms with Crippen LogP contribution in [0.1, 0.15) is 126 Å². The Balaban J connectivity index is 1.69. The Labute approximate surface area is 380 Å². The fourth-order valence-corrected chi connectivity index (χ4v) is 9.85. The van der Waals surface area contributed by atoms with Crippen molar-refractivity contribution in [3.8, 4) is 0 Å². The molecule has 0 unspecified atom stereocenters. The van der Waals surface area contributed by atoms with E-state index in [2.05, 4.69) is 0 Å². The second-order valence-corrected chi connectivity index (χ2v) is 19.4. The summed E-state index contributed by atoms with van der Waals surface area (Å²) in [6.07, 6.45) is 9.53. The number of amides is 1. The van der Waals surface area contributed by atoms with Gasteiger partial charge in [-0.1, -0.05) is 71.1 Å². The summed E-state index contributed by atoms with van der Waals surface area (Å²) in [6, 6.07) is -1.16. The molecule has 3 heterocycles. The number of fused-ring (bicyclic) bond motifs is 3. The standard InChI is InChI=1S/C50H77NO13/c1-29-15-11-10-12-16-30(2)40(53)27-37-20-18-35(7)50(60,64-37)47(57)48(58)51-22-14-13-17-38(51)49(59)63-42(32(4)25-36-19-21-39(52)43(26-36)61-8)28-41(54)31(3)24-34(6)45(56)46(62-9)44(55)33(5)23-29/h10-12,15-16,24,29,31-33,35-40,42-43,45-46,52-53,56,60H,13-14,17-23,25-28H2,1-9H3/b12-10+,15-11+,30-16+,34-24+/t29-,31-,32-,33-,35-,36-,37+,38+,39+,40+,42+,43+,45-,46+,50-/m1/s1. The highest BCUT2D eigenvalue weighted by atomic mass is 16.6. The van der Waals surface area contributed by atoms with Crippen molar-refractivity contribution in [1.29, 1.82) is 0 Å². The number of methoxy groups -OCH3 is 2. The molecule has 14 nitrogen and oxygen atoms in total. The van der Waals surface area contributed by atoms with Crippen molar-refractivity contribution in [3.63, 3.8) is 0 Å². The Hall–Kier alpha value is -3.37. The van der Waals surface area contributed by atoms with E-state index in [1.165, 1.54) is 7.11 Å². The fraction of sp³-hybridized carbons (Fsp3) is 0.740. The molecule has 4 N–H and O–H groups in total. The Morgan fingerprint density at radius 1 is 0.859 bits per heavy atom. The summed E-state index contributed by atoms with van der Waals surface area (Å²) >= 11 is 0. The number of nitrogens with zero attached hydrogens (tertiary/aromatic N) is 1. The van der Waals surface area contributed by atoms with E-state index in [-0.39, 0.29) is 61.2 Å². The van der Waals surface area contributed by atoms with Crippen molar-refractivity contribution in [2.75, 3.05) is 20.8 Å². The third-order valence-corrected chi connectivity index (χ3v) is 14.2. The summed E-state index contributed by atoms with van der Waals surface area (Å²) < 4.78 is 23.3. The van der Waals surface area contributed by atoms with Crippen LogP contribution in [0.15, 0.2) is 47.6 Å². The van der Waals surface area contributed by atoms with Gasteiger partial charge in [0, 0.05) is 51.4 Å². The third kappa shape index (κ3) is 13.8. The monoisotopic (exact) mass is 900 g/mol. The van der Waals surface area contributed by atoms with E-state index in [0.29, 0.717) is 68.9 Å². The minimum atomic E-state index is -2.48. The molecule has 0 aromatic heterocycles. The molecule has 4 rings (SSSR count). The first-order valence-corrected chi connectivity index (χ1v) is 23.5. The van der Waals surface area contributed by atoms with Gasteiger partial charge in [-0.3, -0.25) is 19.2 Å². The van der Waals surface area contributed by atoms with E-state index >= 15 is 0 Å². The van der Waals surface area contributed by atoms with Crippen LogP contribution in [0.3, 0.4) is 0 Å². The highest BCUT2D eigenvalue weighted by molar-refractivity contribution is 6.39. The highest BCUT2D eigenvalue weighted by Gasteiger charge is 2.53. The Kier molecular flexibility index (Phi) is 20.3. The molecule has 1 aliphatic carbocycles. The number of esters is 1. The van der Waals surface area contributed by atoms with Gasteiger partial charge in [-0.15, -0.1) is 0 Å². The van der Waals surface area contributed by atoms with Gasteiger partial charge in [-0.25, -0.2) is 4.79 Å². The van der Waals surface area contributed by atoms with Gasteiger partial charge in [0.05, 0.1) is 24.4 Å². The third-order valence-electron chi connectivity index (χ3n) is 14.2. The van der Waals surface area contributed by atoms with Gasteiger partial charge in [0.15, 0.2) is 5.78 Å². The van der Waals surface area contributed by atoms with E-state index in [4.69, 9.17) is 18.9 Å². The zero-order valence-electron chi connectivity index (χ0n) is 39.6. The first-order valence-electron chi connectivity index (χ1n) is 23.5. The van der Waals surface area contributed by atoms with E-state index in [1.54, 1.807) is 60.0 Å². The van der Waals surface area contributed by atoms with Crippen LogP contribution >= 0.6 is 0 Å². The van der Waals surface area contributed by atoms with E-state index < -0.39 is 83.9 Å². The van der Waals surface area contributed by atoms with Crippen molar-refractivity contribution in [1.82, 2.24) is 4.90 Å². The number of aliphatic hydroxyl groups is 4. The van der Waals surface area contributed by atoms with Gasteiger partial charge >= 0.3 is 5.97 Å². The van der Waals surface area contributed by atoms with E-state index in [1.807, 2.05) is 32.1 Å². The summed E-state index contributed by atoms with van der Waals surface area (Å²) in [5.41, 5.74) is 1.000. The van der Waals surface area contributed by atoms with Gasteiger partial charge in [0.25, 0.3) is 11.7 Å². The average Bonchev–Trinajstić information content (AvgIpc) is 3.26. The lowest BCUT2D eigenvalue weighted by molar-refractivity contribution is -0.265. The molecule has 4 aliphatic rings. The number of allylic oxidation sites excluding steroid dienone is 6. The Bertz CT molecular complexity index is 1740. The van der Waals surface area contributed by atoms with Crippen molar-refractivity contribution in [3.05, 3.63) is 47.6 Å². The van der Waals surface area contributed by atoms with E-state index in [0.717, 1.165) is 4.90 Å². The van der Waals surface area contributed by atoms with Crippen molar-refractivity contribution >= 4 is 29.2 Å². The molecule has 64 heavy (non-hydrogen) atoms. The molecule has 2 saturated heterocycles. The number of ether oxygens (including phenoxy) is 4. The number of aliphatic hydroxyl groups excluding tert-OH is 3. The molecule has 3 aliphatic heterocycles. The number of rotatable bonds is 5. The van der Waals surface area contributed by atoms with Crippen molar-refractivity contribution in [2.24, 2.45) is 35.5 Å². The summed E-state index contributed by atoms with van der Waals surface area (Å²) in [5.74, 6) is -8.24. The van der Waals surface area contributed by atoms with Crippen LogP contribution in [0.2, 0.25) is 0 Å². The molecule has 0 aromatic carbocycles. The molecule has 15 atom stereocenters. The van der Waals surface area contributed by atoms with Gasteiger partial charge in [0.2, 0.25) is 5.79 Å². The Morgan fingerprint density at radius 2 is 1.58 bits per heavy atom. The van der Waals surface area contributed by atoms with Gasteiger partial charge < -0.3 is 44.3 Å². The van der Waals surface area contributed by atoms with E-state index in [9.17, 15) is 44.4 Å². The second kappa shape index (κ2) is 24.4.